The second-order valence-electron chi connectivity index (χ2n) is 2.82. The van der Waals surface area contributed by atoms with E-state index in [9.17, 15) is 4.79 Å². The van der Waals surface area contributed by atoms with Crippen LogP contribution in [0.2, 0.25) is 0 Å². The Kier molecular flexibility index (Phi) is 3.23. The van der Waals surface area contributed by atoms with Gasteiger partial charge in [-0.3, -0.25) is 4.79 Å². The molecule has 1 heterocycles. The van der Waals surface area contributed by atoms with Crippen molar-refractivity contribution >= 4 is 18.8 Å². The lowest BCUT2D eigenvalue weighted by molar-refractivity contribution is -0.138. The molecule has 1 rings (SSSR count). The molecule has 8 heteroatoms. The second kappa shape index (κ2) is 4.22. The average molecular weight is 199 g/mol. The summed E-state index contributed by atoms with van der Waals surface area (Å²) in [6.45, 7) is 0. The number of H-pyrrole nitrogens is 1. The number of carbonyl (C=O) groups is 1. The van der Waals surface area contributed by atoms with Crippen molar-refractivity contribution in [1.29, 1.82) is 0 Å². The first-order chi connectivity index (χ1) is 6.50. The molecule has 0 spiro atoms. The van der Waals surface area contributed by atoms with E-state index in [-0.39, 0.29) is 12.1 Å². The van der Waals surface area contributed by atoms with Crippen molar-refractivity contribution in [3.8, 4) is 0 Å². The van der Waals surface area contributed by atoms with Gasteiger partial charge in [0.05, 0.1) is 0 Å². The summed E-state index contributed by atoms with van der Waals surface area (Å²) in [4.78, 5) is 16.6. The maximum absolute atomic E-state index is 10.4. The van der Waals surface area contributed by atoms with Gasteiger partial charge in [0, 0.05) is 18.3 Å². The van der Waals surface area contributed by atoms with Crippen molar-refractivity contribution in [2.24, 2.45) is 5.73 Å². The van der Waals surface area contributed by atoms with Crippen molar-refractivity contribution in [2.75, 3.05) is 0 Å². The Morgan fingerprint density at radius 3 is 2.79 bits per heavy atom. The van der Waals surface area contributed by atoms with Gasteiger partial charge in [0.25, 0.3) is 0 Å². The summed E-state index contributed by atoms with van der Waals surface area (Å²) in [6.07, 6.45) is 1.38. The van der Waals surface area contributed by atoms with Gasteiger partial charge in [-0.2, -0.15) is 0 Å². The zero-order chi connectivity index (χ0) is 10.7. The molecule has 0 amide bonds. The van der Waals surface area contributed by atoms with Crippen LogP contribution < -0.4 is 11.5 Å². The monoisotopic (exact) mass is 199 g/mol. The van der Waals surface area contributed by atoms with E-state index in [2.05, 4.69) is 9.97 Å². The molecule has 7 nitrogen and oxygen atoms in total. The zero-order valence-electron chi connectivity index (χ0n) is 7.21. The number of nitrogens with zero attached hydrogens (tertiary/aromatic N) is 1. The van der Waals surface area contributed by atoms with Crippen LogP contribution >= 0.6 is 0 Å². The number of hydrogen-bond acceptors (Lipinski definition) is 5. The van der Waals surface area contributed by atoms with E-state index in [4.69, 9.17) is 20.9 Å². The summed E-state index contributed by atoms with van der Waals surface area (Å²) in [5, 5.41) is 25.9. The van der Waals surface area contributed by atoms with Crippen LogP contribution in [0, 0.1) is 0 Å². The minimum absolute atomic E-state index is 0.0300. The Morgan fingerprint density at radius 2 is 2.36 bits per heavy atom. The smallest absolute Gasteiger partial charge is 0.480 e. The molecule has 6 N–H and O–H groups in total. The topological polar surface area (TPSA) is 132 Å². The standard InChI is InChI=1S/C6H10BN3O4/c8-4(5(11)12)1-3-2-9-6(10-3)7(13)14/h2,4,13-14H,1,8H2,(H,9,10)(H,11,12)/t4-/m0/s1. The van der Waals surface area contributed by atoms with Crippen LogP contribution in [0.5, 0.6) is 0 Å². The molecule has 1 atom stereocenters. The van der Waals surface area contributed by atoms with Crippen molar-refractivity contribution in [3.05, 3.63) is 11.9 Å². The van der Waals surface area contributed by atoms with Gasteiger partial charge in [-0.15, -0.1) is 0 Å². The Hall–Kier alpha value is -1.38. The van der Waals surface area contributed by atoms with Crippen molar-refractivity contribution in [1.82, 2.24) is 9.97 Å². The van der Waals surface area contributed by atoms with Gasteiger partial charge in [0.2, 0.25) is 0 Å². The molecule has 14 heavy (non-hydrogen) atoms. The van der Waals surface area contributed by atoms with Crippen LogP contribution in [0.15, 0.2) is 6.20 Å². The lowest BCUT2D eigenvalue weighted by Crippen LogP contribution is -2.34. The van der Waals surface area contributed by atoms with E-state index in [0.29, 0.717) is 5.69 Å². The third kappa shape index (κ3) is 2.56. The summed E-state index contributed by atoms with van der Waals surface area (Å²) >= 11 is 0. The number of carboxylic acids is 1. The second-order valence-corrected chi connectivity index (χ2v) is 2.82. The van der Waals surface area contributed by atoms with E-state index in [1.165, 1.54) is 6.20 Å². The molecule has 0 unspecified atom stereocenters. The van der Waals surface area contributed by atoms with Crippen molar-refractivity contribution < 1.29 is 19.9 Å². The number of carboxylic acid groups (broad SMARTS) is 1. The van der Waals surface area contributed by atoms with Gasteiger partial charge in [0.15, 0.2) is 0 Å². The third-order valence-corrected chi connectivity index (χ3v) is 1.65. The third-order valence-electron chi connectivity index (χ3n) is 1.65. The van der Waals surface area contributed by atoms with Crippen LogP contribution in [0.1, 0.15) is 5.69 Å². The van der Waals surface area contributed by atoms with Gasteiger partial charge in [-0.1, -0.05) is 0 Å². The van der Waals surface area contributed by atoms with E-state index in [1.807, 2.05) is 0 Å². The predicted molar refractivity (Wildman–Crippen MR) is 47.7 cm³/mol. The van der Waals surface area contributed by atoms with E-state index >= 15 is 0 Å². The lowest BCUT2D eigenvalue weighted by Gasteiger charge is -2.02. The molecule has 0 aliphatic heterocycles. The first kappa shape index (κ1) is 10.7. The number of aromatic amines is 1. The molecular formula is C6H10BN3O4. The summed E-state index contributed by atoms with van der Waals surface area (Å²) < 4.78 is 0. The first-order valence-corrected chi connectivity index (χ1v) is 3.89. The average Bonchev–Trinajstić information content (AvgIpc) is 2.52. The largest absolute Gasteiger partial charge is 0.526 e. The number of rotatable bonds is 4. The quantitative estimate of drug-likeness (QED) is 0.329. The van der Waals surface area contributed by atoms with E-state index in [1.54, 1.807) is 0 Å². The molecule has 1 aromatic rings. The molecule has 0 aliphatic rings. The minimum atomic E-state index is -1.69. The van der Waals surface area contributed by atoms with Crippen LogP contribution in [-0.2, 0) is 11.2 Å². The number of nitrogens with two attached hydrogens (primary N) is 1. The normalized spacial score (nSPS) is 12.5. The molecule has 0 saturated heterocycles. The number of aliphatic carboxylic acids is 1. The molecule has 76 valence electrons. The summed E-state index contributed by atoms with van der Waals surface area (Å²) in [5.41, 5.74) is 5.68. The van der Waals surface area contributed by atoms with Gasteiger partial charge in [-0.25, -0.2) is 4.98 Å². The fourth-order valence-corrected chi connectivity index (χ4v) is 0.936. The highest BCUT2D eigenvalue weighted by atomic mass is 16.4. The van der Waals surface area contributed by atoms with E-state index < -0.39 is 19.1 Å². The predicted octanol–water partition coefficient (Wildman–Crippen LogP) is -2.96. The minimum Gasteiger partial charge on any atom is -0.480 e. The molecular weight excluding hydrogens is 189 g/mol. The molecule has 0 aromatic carbocycles. The number of nitrogens with one attached hydrogen (secondary N) is 1. The lowest BCUT2D eigenvalue weighted by atomic mass is 9.91. The van der Waals surface area contributed by atoms with Crippen LogP contribution in [0.4, 0.5) is 0 Å². The number of hydrogen-bond donors (Lipinski definition) is 5. The fourth-order valence-electron chi connectivity index (χ4n) is 0.936. The Balaban J connectivity index is 2.64. The van der Waals surface area contributed by atoms with Crippen LogP contribution in [-0.4, -0.2) is 44.3 Å². The van der Waals surface area contributed by atoms with Gasteiger partial charge in [0.1, 0.15) is 11.8 Å². The van der Waals surface area contributed by atoms with Crippen molar-refractivity contribution in [3.63, 3.8) is 0 Å². The molecule has 0 radical (unpaired) electrons. The highest BCUT2D eigenvalue weighted by Crippen LogP contribution is 1.95. The fraction of sp³-hybridized carbons (Fsp3) is 0.333. The Labute approximate surface area is 79.7 Å². The number of imidazole rings is 1. The molecule has 0 aliphatic carbocycles. The summed E-state index contributed by atoms with van der Waals surface area (Å²) in [5.74, 6) is -1.12. The van der Waals surface area contributed by atoms with Gasteiger partial charge in [-0.05, 0) is 0 Å². The summed E-state index contributed by atoms with van der Waals surface area (Å²) in [6, 6.07) is -1.03. The van der Waals surface area contributed by atoms with E-state index in [0.717, 1.165) is 0 Å². The molecule has 1 aromatic heterocycles. The van der Waals surface area contributed by atoms with Crippen LogP contribution in [0.3, 0.4) is 0 Å². The highest BCUT2D eigenvalue weighted by Gasteiger charge is 2.18. The maximum atomic E-state index is 10.4. The molecule has 0 bridgehead atoms. The van der Waals surface area contributed by atoms with Crippen LogP contribution in [0.25, 0.3) is 0 Å². The zero-order valence-corrected chi connectivity index (χ0v) is 7.21. The first-order valence-electron chi connectivity index (χ1n) is 3.89. The Bertz CT molecular complexity index is 327. The SMILES string of the molecule is N[C@@H](Cc1cnc(B(O)O)[nH]1)C(=O)O. The molecule has 0 fully saturated rings. The van der Waals surface area contributed by atoms with Crippen molar-refractivity contribution in [2.45, 2.75) is 12.5 Å². The summed E-state index contributed by atoms with van der Waals surface area (Å²) in [7, 11) is -1.69. The molecule has 0 saturated carbocycles. The van der Waals surface area contributed by atoms with Gasteiger partial charge < -0.3 is 25.9 Å². The Morgan fingerprint density at radius 1 is 1.71 bits per heavy atom. The maximum Gasteiger partial charge on any atom is 0.526 e. The number of aromatic nitrogens is 2. The highest BCUT2D eigenvalue weighted by molar-refractivity contribution is 6.56. The van der Waals surface area contributed by atoms with Gasteiger partial charge >= 0.3 is 13.1 Å².